The third-order valence-corrected chi connectivity index (χ3v) is 4.82. The van der Waals surface area contributed by atoms with Crippen molar-refractivity contribution in [2.24, 2.45) is 0 Å². The van der Waals surface area contributed by atoms with Gasteiger partial charge in [-0.25, -0.2) is 0 Å². The van der Waals surface area contributed by atoms with Crippen molar-refractivity contribution < 1.29 is 4.79 Å². The van der Waals surface area contributed by atoms with Crippen molar-refractivity contribution in [2.45, 2.75) is 38.0 Å². The molecule has 2 aliphatic rings. The van der Waals surface area contributed by atoms with E-state index in [1.165, 1.54) is 27.6 Å². The number of hydrogen-bond acceptors (Lipinski definition) is 1. The first kappa shape index (κ1) is 11.3. The van der Waals surface area contributed by atoms with Crippen molar-refractivity contribution in [1.82, 2.24) is 5.32 Å². The van der Waals surface area contributed by atoms with E-state index in [-0.39, 0.29) is 11.3 Å². The van der Waals surface area contributed by atoms with E-state index in [0.717, 1.165) is 19.4 Å². The number of benzene rings is 1. The summed E-state index contributed by atoms with van der Waals surface area (Å²) in [5.41, 5.74) is 4.16. The van der Waals surface area contributed by atoms with Gasteiger partial charge in [0.2, 0.25) is 5.91 Å². The third-order valence-electron chi connectivity index (χ3n) is 4.12. The first-order valence-electron chi connectivity index (χ1n) is 6.17. The van der Waals surface area contributed by atoms with Gasteiger partial charge in [-0.05, 0) is 48.9 Å². The molecule has 1 fully saturated rings. The quantitative estimate of drug-likeness (QED) is 0.783. The lowest BCUT2D eigenvalue weighted by Crippen LogP contribution is -2.33. The van der Waals surface area contributed by atoms with Gasteiger partial charge in [-0.1, -0.05) is 22.0 Å². The van der Waals surface area contributed by atoms with Crippen LogP contribution in [0.25, 0.3) is 0 Å². The molecular formula is C14H16BrNO. The number of nitrogens with one attached hydrogen (secondary N) is 1. The Morgan fingerprint density at radius 2 is 2.24 bits per heavy atom. The highest BCUT2D eigenvalue weighted by Gasteiger charge is 2.43. The van der Waals surface area contributed by atoms with Crippen molar-refractivity contribution in [3.63, 3.8) is 0 Å². The van der Waals surface area contributed by atoms with E-state index in [4.69, 9.17) is 0 Å². The monoisotopic (exact) mass is 293 g/mol. The summed E-state index contributed by atoms with van der Waals surface area (Å²) in [4.78, 5) is 11.6. The van der Waals surface area contributed by atoms with Crippen LogP contribution in [0.4, 0.5) is 0 Å². The molecular weight excluding hydrogens is 278 g/mol. The normalized spacial score (nSPS) is 27.1. The smallest absolute Gasteiger partial charge is 0.220 e. The summed E-state index contributed by atoms with van der Waals surface area (Å²) in [5.74, 6) is 0.204. The molecule has 3 heteroatoms. The molecule has 1 amide bonds. The summed E-state index contributed by atoms with van der Waals surface area (Å²) in [6, 6.07) is 4.46. The molecule has 1 atom stereocenters. The SMILES string of the molecule is Cc1cc(Br)c2c(c1)C1(CCC2)CNC(=O)C1. The summed E-state index contributed by atoms with van der Waals surface area (Å²) in [6.07, 6.45) is 4.11. The van der Waals surface area contributed by atoms with Gasteiger partial charge in [0.15, 0.2) is 0 Å². The van der Waals surface area contributed by atoms with Crippen LogP contribution < -0.4 is 5.32 Å². The fourth-order valence-electron chi connectivity index (χ4n) is 3.30. The number of halogens is 1. The van der Waals surface area contributed by atoms with E-state index in [1.807, 2.05) is 0 Å². The lowest BCUT2D eigenvalue weighted by molar-refractivity contribution is -0.119. The van der Waals surface area contributed by atoms with Crippen LogP contribution in [0.3, 0.4) is 0 Å². The summed E-state index contributed by atoms with van der Waals surface area (Å²) in [7, 11) is 0. The maximum atomic E-state index is 11.6. The van der Waals surface area contributed by atoms with Crippen molar-refractivity contribution in [3.8, 4) is 0 Å². The van der Waals surface area contributed by atoms with Crippen molar-refractivity contribution in [1.29, 1.82) is 0 Å². The molecule has 1 aromatic rings. The van der Waals surface area contributed by atoms with Crippen molar-refractivity contribution >= 4 is 21.8 Å². The Morgan fingerprint density at radius 1 is 1.41 bits per heavy atom. The number of carbonyl (C=O) groups excluding carboxylic acids is 1. The number of aryl methyl sites for hydroxylation is 1. The highest BCUT2D eigenvalue weighted by atomic mass is 79.9. The van der Waals surface area contributed by atoms with Gasteiger partial charge in [-0.3, -0.25) is 4.79 Å². The van der Waals surface area contributed by atoms with Crippen LogP contribution in [-0.4, -0.2) is 12.5 Å². The molecule has 0 aromatic heterocycles. The maximum Gasteiger partial charge on any atom is 0.220 e. The second-order valence-electron chi connectivity index (χ2n) is 5.36. The maximum absolute atomic E-state index is 11.6. The van der Waals surface area contributed by atoms with Crippen LogP contribution in [0.15, 0.2) is 16.6 Å². The average Bonchev–Trinajstić information content (AvgIpc) is 2.63. The molecule has 0 saturated carbocycles. The topological polar surface area (TPSA) is 29.1 Å². The Labute approximate surface area is 110 Å². The number of carbonyl (C=O) groups is 1. The van der Waals surface area contributed by atoms with Crippen molar-refractivity contribution in [3.05, 3.63) is 33.3 Å². The van der Waals surface area contributed by atoms with E-state index in [2.05, 4.69) is 40.3 Å². The van der Waals surface area contributed by atoms with Gasteiger partial charge in [-0.2, -0.15) is 0 Å². The van der Waals surface area contributed by atoms with Crippen LogP contribution in [0.2, 0.25) is 0 Å². The van der Waals surface area contributed by atoms with E-state index in [1.54, 1.807) is 0 Å². The van der Waals surface area contributed by atoms with E-state index in [9.17, 15) is 4.79 Å². The molecule has 2 nitrogen and oxygen atoms in total. The number of amides is 1. The zero-order valence-electron chi connectivity index (χ0n) is 9.98. The van der Waals surface area contributed by atoms with E-state index < -0.39 is 0 Å². The molecule has 1 aliphatic carbocycles. The van der Waals surface area contributed by atoms with Gasteiger partial charge < -0.3 is 5.32 Å². The summed E-state index contributed by atoms with van der Waals surface area (Å²) in [6.45, 7) is 2.94. The predicted octanol–water partition coefficient (Wildman–Crippen LogP) is 2.85. The van der Waals surface area contributed by atoms with Crippen LogP contribution in [0, 0.1) is 6.92 Å². The first-order valence-corrected chi connectivity index (χ1v) is 6.96. The van der Waals surface area contributed by atoms with Gasteiger partial charge >= 0.3 is 0 Å². The number of fused-ring (bicyclic) bond motifs is 2. The van der Waals surface area contributed by atoms with E-state index >= 15 is 0 Å². The van der Waals surface area contributed by atoms with Gasteiger partial charge in [0.1, 0.15) is 0 Å². The summed E-state index contributed by atoms with van der Waals surface area (Å²) in [5, 5.41) is 3.01. The standard InChI is InChI=1S/C14H16BrNO/c1-9-5-11-10(12(15)6-9)3-2-4-14(11)7-13(17)16-8-14/h5-6H,2-4,7-8H2,1H3,(H,16,17). The molecule has 1 aromatic carbocycles. The Bertz CT molecular complexity index is 497. The van der Waals surface area contributed by atoms with E-state index in [0.29, 0.717) is 6.42 Å². The lowest BCUT2D eigenvalue weighted by Gasteiger charge is -2.35. The molecule has 0 bridgehead atoms. The molecule has 1 heterocycles. The molecule has 1 spiro atoms. The van der Waals surface area contributed by atoms with Crippen LogP contribution >= 0.6 is 15.9 Å². The first-order chi connectivity index (χ1) is 8.11. The predicted molar refractivity (Wildman–Crippen MR) is 71.1 cm³/mol. The highest BCUT2D eigenvalue weighted by molar-refractivity contribution is 9.10. The summed E-state index contributed by atoms with van der Waals surface area (Å²) < 4.78 is 1.21. The third kappa shape index (κ3) is 1.71. The molecule has 1 N–H and O–H groups in total. The van der Waals surface area contributed by atoms with Gasteiger partial charge in [0.25, 0.3) is 0 Å². The lowest BCUT2D eigenvalue weighted by atomic mass is 9.69. The minimum Gasteiger partial charge on any atom is -0.355 e. The fourth-order valence-corrected chi connectivity index (χ4v) is 4.08. The Kier molecular flexibility index (Phi) is 2.54. The zero-order valence-corrected chi connectivity index (χ0v) is 11.6. The molecule has 17 heavy (non-hydrogen) atoms. The molecule has 90 valence electrons. The molecule has 3 rings (SSSR count). The second-order valence-corrected chi connectivity index (χ2v) is 6.21. The zero-order chi connectivity index (χ0) is 12.0. The molecule has 1 aliphatic heterocycles. The second kappa shape index (κ2) is 3.84. The largest absolute Gasteiger partial charge is 0.355 e. The minimum atomic E-state index is 0.0687. The average molecular weight is 294 g/mol. The van der Waals surface area contributed by atoms with Gasteiger partial charge in [0, 0.05) is 22.9 Å². The minimum absolute atomic E-state index is 0.0687. The van der Waals surface area contributed by atoms with Crippen LogP contribution in [-0.2, 0) is 16.6 Å². The Balaban J connectivity index is 2.16. The number of hydrogen-bond donors (Lipinski definition) is 1. The molecule has 1 saturated heterocycles. The van der Waals surface area contributed by atoms with Crippen molar-refractivity contribution in [2.75, 3.05) is 6.54 Å². The number of rotatable bonds is 0. The Hall–Kier alpha value is -0.830. The Morgan fingerprint density at radius 3 is 2.94 bits per heavy atom. The molecule has 1 unspecified atom stereocenters. The fraction of sp³-hybridized carbons (Fsp3) is 0.500. The van der Waals surface area contributed by atoms with Crippen LogP contribution in [0.1, 0.15) is 36.0 Å². The van der Waals surface area contributed by atoms with Gasteiger partial charge in [0.05, 0.1) is 0 Å². The highest BCUT2D eigenvalue weighted by Crippen LogP contribution is 2.44. The van der Waals surface area contributed by atoms with Gasteiger partial charge in [-0.15, -0.1) is 0 Å². The molecule has 0 radical (unpaired) electrons. The summed E-state index contributed by atoms with van der Waals surface area (Å²) >= 11 is 3.67. The van der Waals surface area contributed by atoms with Crippen LogP contribution in [0.5, 0.6) is 0 Å².